The summed E-state index contributed by atoms with van der Waals surface area (Å²) in [5.41, 5.74) is 5.51. The Morgan fingerprint density at radius 3 is 2.58 bits per heavy atom. The van der Waals surface area contributed by atoms with Gasteiger partial charge in [-0.05, 0) is 35.7 Å². The van der Waals surface area contributed by atoms with E-state index in [1.807, 2.05) is 35.0 Å². The predicted molar refractivity (Wildman–Crippen MR) is 108 cm³/mol. The monoisotopic (exact) mass is 423 g/mol. The number of benzene rings is 1. The summed E-state index contributed by atoms with van der Waals surface area (Å²) in [6, 6.07) is 11.2. The lowest BCUT2D eigenvalue weighted by molar-refractivity contribution is -0.127. The van der Waals surface area contributed by atoms with E-state index in [2.05, 4.69) is 15.8 Å². The van der Waals surface area contributed by atoms with Crippen molar-refractivity contribution in [1.82, 2.24) is 15.8 Å². The fourth-order valence-electron chi connectivity index (χ4n) is 1.97. The Hall–Kier alpha value is -1.87. The zero-order valence-electron chi connectivity index (χ0n) is 13.4. The highest BCUT2D eigenvalue weighted by Gasteiger charge is 2.10. The summed E-state index contributed by atoms with van der Waals surface area (Å²) >= 11 is 10.3. The second-order valence-corrected chi connectivity index (χ2v) is 8.43. The second kappa shape index (κ2) is 9.18. The van der Waals surface area contributed by atoms with E-state index in [9.17, 15) is 9.59 Å². The number of nitrogens with zero attached hydrogens (tertiary/aromatic N) is 1. The maximum Gasteiger partial charge on any atom is 0.248 e. The molecule has 0 atom stereocenters. The quantitative estimate of drug-likeness (QED) is 0.464. The van der Waals surface area contributed by atoms with Gasteiger partial charge in [-0.1, -0.05) is 17.7 Å². The molecule has 26 heavy (non-hydrogen) atoms. The summed E-state index contributed by atoms with van der Waals surface area (Å²) in [5.74, 6) is -0.394. The average molecular weight is 424 g/mol. The molecule has 2 N–H and O–H groups in total. The highest BCUT2D eigenvalue weighted by atomic mass is 35.5. The fourth-order valence-corrected chi connectivity index (χ4v) is 4.42. The molecule has 2 heterocycles. The van der Waals surface area contributed by atoms with Crippen molar-refractivity contribution in [3.05, 3.63) is 57.9 Å². The molecule has 0 unspecified atom stereocenters. The first-order valence-corrected chi connectivity index (χ1v) is 10.7. The number of halogens is 1. The third-order valence-electron chi connectivity index (χ3n) is 3.15. The molecule has 0 bridgehead atoms. The highest BCUT2D eigenvalue weighted by Crippen LogP contribution is 2.27. The Balaban J connectivity index is 1.41. The van der Waals surface area contributed by atoms with E-state index in [1.54, 1.807) is 23.5 Å². The molecule has 0 fully saturated rings. The number of aromatic nitrogens is 1. The predicted octanol–water partition coefficient (Wildman–Crippen LogP) is 4.01. The van der Waals surface area contributed by atoms with E-state index < -0.39 is 0 Å². The summed E-state index contributed by atoms with van der Waals surface area (Å²) < 4.78 is 0. The van der Waals surface area contributed by atoms with Crippen LogP contribution in [-0.4, -0.2) is 22.6 Å². The minimum absolute atomic E-state index is 0.118. The third-order valence-corrected chi connectivity index (χ3v) is 6.34. The Labute approximate surface area is 167 Å². The standard InChI is InChI=1S/C17H14ClN3O2S3/c18-11-3-5-13(6-4-11)25-10-16(23)21-20-15(22)8-12-9-26-17(19-12)14-2-1-7-24-14/h1-7,9H,8,10H2,(H,20,22)(H,21,23). The van der Waals surface area contributed by atoms with E-state index in [4.69, 9.17) is 11.6 Å². The molecule has 2 amide bonds. The molecular formula is C17H14ClN3O2S3. The van der Waals surface area contributed by atoms with Gasteiger partial charge in [0.15, 0.2) is 0 Å². The first kappa shape index (κ1) is 18.9. The van der Waals surface area contributed by atoms with Crippen molar-refractivity contribution in [1.29, 1.82) is 0 Å². The lowest BCUT2D eigenvalue weighted by Crippen LogP contribution is -2.43. The first-order valence-electron chi connectivity index (χ1n) is 7.54. The zero-order valence-corrected chi connectivity index (χ0v) is 16.6. The van der Waals surface area contributed by atoms with Gasteiger partial charge in [0.05, 0.1) is 22.7 Å². The van der Waals surface area contributed by atoms with Gasteiger partial charge in [-0.2, -0.15) is 0 Å². The molecule has 1 aromatic carbocycles. The molecule has 0 spiro atoms. The number of hydrogen-bond acceptors (Lipinski definition) is 6. The number of carbonyl (C=O) groups excluding carboxylic acids is 2. The normalized spacial score (nSPS) is 10.5. The van der Waals surface area contributed by atoms with Crippen LogP contribution in [0.5, 0.6) is 0 Å². The van der Waals surface area contributed by atoms with Gasteiger partial charge in [-0.3, -0.25) is 20.4 Å². The second-order valence-electron chi connectivity index (χ2n) is 5.14. The smallest absolute Gasteiger partial charge is 0.248 e. The Morgan fingerprint density at radius 1 is 1.08 bits per heavy atom. The van der Waals surface area contributed by atoms with Crippen LogP contribution in [0.4, 0.5) is 0 Å². The SMILES string of the molecule is O=C(CSc1ccc(Cl)cc1)NNC(=O)Cc1csc(-c2cccs2)n1. The van der Waals surface area contributed by atoms with Crippen molar-refractivity contribution in [3.8, 4) is 9.88 Å². The van der Waals surface area contributed by atoms with E-state index in [0.29, 0.717) is 10.7 Å². The highest BCUT2D eigenvalue weighted by molar-refractivity contribution is 8.00. The molecule has 0 saturated heterocycles. The number of thiophene rings is 1. The number of thioether (sulfide) groups is 1. The van der Waals surface area contributed by atoms with Crippen LogP contribution in [0.2, 0.25) is 5.02 Å². The number of hydrogen-bond donors (Lipinski definition) is 2. The van der Waals surface area contributed by atoms with Crippen LogP contribution in [-0.2, 0) is 16.0 Å². The summed E-state index contributed by atoms with van der Waals surface area (Å²) in [4.78, 5) is 30.2. The van der Waals surface area contributed by atoms with Crippen LogP contribution in [0, 0.1) is 0 Å². The molecule has 134 valence electrons. The third kappa shape index (κ3) is 5.57. The van der Waals surface area contributed by atoms with Gasteiger partial charge in [0, 0.05) is 15.3 Å². The van der Waals surface area contributed by atoms with E-state index in [1.165, 1.54) is 23.1 Å². The van der Waals surface area contributed by atoms with Crippen molar-refractivity contribution >= 4 is 57.9 Å². The molecule has 3 rings (SSSR count). The number of nitrogens with one attached hydrogen (secondary N) is 2. The molecule has 0 aliphatic heterocycles. The van der Waals surface area contributed by atoms with Crippen LogP contribution in [0.25, 0.3) is 9.88 Å². The van der Waals surface area contributed by atoms with Crippen molar-refractivity contribution < 1.29 is 9.59 Å². The molecule has 5 nitrogen and oxygen atoms in total. The minimum Gasteiger partial charge on any atom is -0.273 e. The lowest BCUT2D eigenvalue weighted by Gasteiger charge is -2.06. The number of hydrazine groups is 1. The van der Waals surface area contributed by atoms with Gasteiger partial charge in [0.1, 0.15) is 5.01 Å². The van der Waals surface area contributed by atoms with Crippen LogP contribution in [0.15, 0.2) is 52.1 Å². The van der Waals surface area contributed by atoms with Gasteiger partial charge in [0.25, 0.3) is 0 Å². The molecular weight excluding hydrogens is 410 g/mol. The van der Waals surface area contributed by atoms with Gasteiger partial charge < -0.3 is 0 Å². The number of thiazole rings is 1. The van der Waals surface area contributed by atoms with Crippen LogP contribution in [0.1, 0.15) is 5.69 Å². The van der Waals surface area contributed by atoms with Crippen LogP contribution >= 0.6 is 46.0 Å². The first-order chi connectivity index (χ1) is 12.6. The fraction of sp³-hybridized carbons (Fsp3) is 0.118. The van der Waals surface area contributed by atoms with E-state index in [-0.39, 0.29) is 24.0 Å². The maximum atomic E-state index is 11.9. The molecule has 0 radical (unpaired) electrons. The summed E-state index contributed by atoms with van der Waals surface area (Å²) in [6.07, 6.45) is 0.118. The number of amides is 2. The molecule has 0 aliphatic carbocycles. The van der Waals surface area contributed by atoms with Crippen molar-refractivity contribution in [3.63, 3.8) is 0 Å². The molecule has 2 aromatic heterocycles. The van der Waals surface area contributed by atoms with Crippen LogP contribution in [0.3, 0.4) is 0 Å². The Kier molecular flexibility index (Phi) is 6.67. The van der Waals surface area contributed by atoms with Gasteiger partial charge >= 0.3 is 0 Å². The molecule has 0 aliphatic rings. The summed E-state index contributed by atoms with van der Waals surface area (Å²) in [5, 5.41) is 5.38. The Bertz CT molecular complexity index is 879. The summed E-state index contributed by atoms with van der Waals surface area (Å²) in [7, 11) is 0. The molecule has 3 aromatic rings. The Morgan fingerprint density at radius 2 is 1.85 bits per heavy atom. The summed E-state index contributed by atoms with van der Waals surface area (Å²) in [6.45, 7) is 0. The number of rotatable bonds is 6. The van der Waals surface area contributed by atoms with Crippen molar-refractivity contribution in [2.24, 2.45) is 0 Å². The van der Waals surface area contributed by atoms with Gasteiger partial charge in [0.2, 0.25) is 11.8 Å². The largest absolute Gasteiger partial charge is 0.273 e. The van der Waals surface area contributed by atoms with Crippen LogP contribution < -0.4 is 10.9 Å². The topological polar surface area (TPSA) is 71.1 Å². The molecule has 0 saturated carbocycles. The lowest BCUT2D eigenvalue weighted by atomic mass is 10.3. The van der Waals surface area contributed by atoms with E-state index >= 15 is 0 Å². The number of carbonyl (C=O) groups is 2. The van der Waals surface area contributed by atoms with Gasteiger partial charge in [-0.15, -0.1) is 34.4 Å². The van der Waals surface area contributed by atoms with Crippen molar-refractivity contribution in [2.45, 2.75) is 11.3 Å². The van der Waals surface area contributed by atoms with Crippen molar-refractivity contribution in [2.75, 3.05) is 5.75 Å². The zero-order chi connectivity index (χ0) is 18.4. The van der Waals surface area contributed by atoms with E-state index in [0.717, 1.165) is 14.8 Å². The molecule has 9 heteroatoms. The average Bonchev–Trinajstić information content (AvgIpc) is 3.31. The van der Waals surface area contributed by atoms with Gasteiger partial charge in [-0.25, -0.2) is 4.98 Å². The maximum absolute atomic E-state index is 11.9. The minimum atomic E-state index is -0.308.